The van der Waals surface area contributed by atoms with Crippen LogP contribution in [0.15, 0.2) is 30.3 Å². The summed E-state index contributed by atoms with van der Waals surface area (Å²) in [4.78, 5) is 2.57. The molecule has 1 saturated carbocycles. The van der Waals surface area contributed by atoms with Crippen molar-refractivity contribution in [3.8, 4) is 0 Å². The lowest BCUT2D eigenvalue weighted by Crippen LogP contribution is -2.44. The normalized spacial score (nSPS) is 31.2. The van der Waals surface area contributed by atoms with Gasteiger partial charge in [0.15, 0.2) is 0 Å². The summed E-state index contributed by atoms with van der Waals surface area (Å²) in [5, 5.41) is 9.54. The van der Waals surface area contributed by atoms with Crippen molar-refractivity contribution in [2.75, 3.05) is 19.7 Å². The van der Waals surface area contributed by atoms with Gasteiger partial charge in [-0.2, -0.15) is 0 Å². The topological polar surface area (TPSA) is 23.5 Å². The fourth-order valence-corrected chi connectivity index (χ4v) is 4.24. The Morgan fingerprint density at radius 2 is 1.71 bits per heavy atom. The second kappa shape index (κ2) is 7.42. The number of piperidine rings is 1. The summed E-state index contributed by atoms with van der Waals surface area (Å²) >= 11 is 0. The molecule has 1 saturated heterocycles. The molecule has 1 N–H and O–H groups in total. The van der Waals surface area contributed by atoms with Crippen LogP contribution in [0.4, 0.5) is 0 Å². The first kappa shape index (κ1) is 15.1. The maximum Gasteiger partial charge on any atom is 0.0586 e. The molecule has 1 aliphatic heterocycles. The Morgan fingerprint density at radius 1 is 0.952 bits per heavy atom. The standard InChI is InChI=1S/C19H29NO/c21-15-19-8-4-5-13-20(19)14-16-9-11-18(12-10-16)17-6-2-1-3-7-17/h1-3,6-7,16,18-19,21H,4-5,8-15H2/t16?,18?,19-/m0/s1. The van der Waals surface area contributed by atoms with Crippen LogP contribution >= 0.6 is 0 Å². The van der Waals surface area contributed by atoms with Crippen LogP contribution in [-0.4, -0.2) is 35.7 Å². The molecule has 2 nitrogen and oxygen atoms in total. The zero-order valence-corrected chi connectivity index (χ0v) is 13.1. The quantitative estimate of drug-likeness (QED) is 0.910. The minimum atomic E-state index is 0.347. The van der Waals surface area contributed by atoms with Gasteiger partial charge in [-0.3, -0.25) is 4.90 Å². The molecular formula is C19H29NO. The van der Waals surface area contributed by atoms with Gasteiger partial charge in [-0.15, -0.1) is 0 Å². The number of hydrogen-bond acceptors (Lipinski definition) is 2. The lowest BCUT2D eigenvalue weighted by Gasteiger charge is -2.39. The van der Waals surface area contributed by atoms with E-state index in [9.17, 15) is 5.11 Å². The van der Waals surface area contributed by atoms with Crippen molar-refractivity contribution in [3.05, 3.63) is 35.9 Å². The molecule has 0 amide bonds. The molecule has 0 unspecified atom stereocenters. The average Bonchev–Trinajstić information content (AvgIpc) is 2.57. The maximum atomic E-state index is 9.54. The minimum Gasteiger partial charge on any atom is -0.395 e. The van der Waals surface area contributed by atoms with E-state index in [4.69, 9.17) is 0 Å². The van der Waals surface area contributed by atoms with Gasteiger partial charge in [0, 0.05) is 12.6 Å². The third kappa shape index (κ3) is 3.87. The molecule has 1 aromatic rings. The highest BCUT2D eigenvalue weighted by molar-refractivity contribution is 5.19. The second-order valence-electron chi connectivity index (χ2n) is 6.96. The van der Waals surface area contributed by atoms with Crippen molar-refractivity contribution >= 4 is 0 Å². The van der Waals surface area contributed by atoms with E-state index in [0.717, 1.165) is 11.8 Å². The van der Waals surface area contributed by atoms with Crippen molar-refractivity contribution in [2.24, 2.45) is 5.92 Å². The summed E-state index contributed by atoms with van der Waals surface area (Å²) in [5.41, 5.74) is 1.53. The number of rotatable bonds is 4. The lowest BCUT2D eigenvalue weighted by atomic mass is 9.78. The molecule has 0 bridgehead atoms. The molecule has 2 heteroatoms. The largest absolute Gasteiger partial charge is 0.395 e. The maximum absolute atomic E-state index is 9.54. The number of likely N-dealkylation sites (tertiary alicyclic amines) is 1. The molecule has 1 aliphatic carbocycles. The molecule has 1 aromatic carbocycles. The van der Waals surface area contributed by atoms with Gasteiger partial charge in [0.2, 0.25) is 0 Å². The Hall–Kier alpha value is -0.860. The van der Waals surface area contributed by atoms with Crippen molar-refractivity contribution in [3.63, 3.8) is 0 Å². The van der Waals surface area contributed by atoms with Gasteiger partial charge in [0.25, 0.3) is 0 Å². The SMILES string of the molecule is OC[C@@H]1CCCCN1CC1CCC(c2ccccc2)CC1. The summed E-state index contributed by atoms with van der Waals surface area (Å²) in [6.07, 6.45) is 9.19. The van der Waals surface area contributed by atoms with Gasteiger partial charge in [-0.25, -0.2) is 0 Å². The minimum absolute atomic E-state index is 0.347. The smallest absolute Gasteiger partial charge is 0.0586 e. The zero-order valence-electron chi connectivity index (χ0n) is 13.1. The average molecular weight is 287 g/mol. The van der Waals surface area contributed by atoms with Crippen LogP contribution in [0.5, 0.6) is 0 Å². The Bertz CT molecular complexity index is 411. The van der Waals surface area contributed by atoms with Gasteiger partial charge in [0.05, 0.1) is 6.61 Å². The van der Waals surface area contributed by atoms with Crippen molar-refractivity contribution in [1.29, 1.82) is 0 Å². The van der Waals surface area contributed by atoms with E-state index in [0.29, 0.717) is 12.6 Å². The van der Waals surface area contributed by atoms with E-state index in [-0.39, 0.29) is 0 Å². The van der Waals surface area contributed by atoms with Crippen LogP contribution in [0, 0.1) is 5.92 Å². The van der Waals surface area contributed by atoms with E-state index in [1.165, 1.54) is 63.6 Å². The molecule has 3 rings (SSSR count). The first-order chi connectivity index (χ1) is 10.4. The molecule has 1 heterocycles. The Balaban J connectivity index is 1.49. The number of hydrogen-bond donors (Lipinski definition) is 1. The monoisotopic (exact) mass is 287 g/mol. The zero-order chi connectivity index (χ0) is 14.5. The lowest BCUT2D eigenvalue weighted by molar-refractivity contribution is 0.0685. The van der Waals surface area contributed by atoms with Crippen LogP contribution in [0.1, 0.15) is 56.4 Å². The number of aliphatic hydroxyl groups excluding tert-OH is 1. The third-order valence-electron chi connectivity index (χ3n) is 5.57. The van der Waals surface area contributed by atoms with Crippen molar-refractivity contribution in [2.45, 2.75) is 56.9 Å². The van der Waals surface area contributed by atoms with Crippen LogP contribution in [0.2, 0.25) is 0 Å². The van der Waals surface area contributed by atoms with Gasteiger partial charge < -0.3 is 5.11 Å². The number of aliphatic hydroxyl groups is 1. The predicted octanol–water partition coefficient (Wildman–Crippen LogP) is 3.81. The molecule has 0 radical (unpaired) electrons. The van der Waals surface area contributed by atoms with Crippen LogP contribution in [0.25, 0.3) is 0 Å². The summed E-state index contributed by atoms with van der Waals surface area (Å²) in [6, 6.07) is 11.5. The Kier molecular flexibility index (Phi) is 5.32. The summed E-state index contributed by atoms with van der Waals surface area (Å²) in [6.45, 7) is 2.76. The first-order valence-corrected chi connectivity index (χ1v) is 8.76. The van der Waals surface area contributed by atoms with Gasteiger partial charge in [-0.1, -0.05) is 36.8 Å². The van der Waals surface area contributed by atoms with Crippen LogP contribution < -0.4 is 0 Å². The molecule has 1 atom stereocenters. The molecular weight excluding hydrogens is 258 g/mol. The van der Waals surface area contributed by atoms with Crippen molar-refractivity contribution < 1.29 is 5.11 Å². The third-order valence-corrected chi connectivity index (χ3v) is 5.57. The van der Waals surface area contributed by atoms with E-state index in [1.54, 1.807) is 0 Å². The van der Waals surface area contributed by atoms with Crippen LogP contribution in [-0.2, 0) is 0 Å². The van der Waals surface area contributed by atoms with Gasteiger partial charge in [0.1, 0.15) is 0 Å². The van der Waals surface area contributed by atoms with E-state index >= 15 is 0 Å². The van der Waals surface area contributed by atoms with Gasteiger partial charge >= 0.3 is 0 Å². The molecule has 116 valence electrons. The highest BCUT2D eigenvalue weighted by atomic mass is 16.3. The van der Waals surface area contributed by atoms with Crippen LogP contribution in [0.3, 0.4) is 0 Å². The molecule has 0 spiro atoms. The first-order valence-electron chi connectivity index (χ1n) is 8.76. The molecule has 2 aliphatic rings. The van der Waals surface area contributed by atoms with E-state index in [2.05, 4.69) is 35.2 Å². The Labute approximate surface area is 129 Å². The molecule has 2 fully saturated rings. The second-order valence-corrected chi connectivity index (χ2v) is 6.96. The highest BCUT2D eigenvalue weighted by Gasteiger charge is 2.27. The number of benzene rings is 1. The Morgan fingerprint density at radius 3 is 2.43 bits per heavy atom. The van der Waals surface area contributed by atoms with Crippen molar-refractivity contribution in [1.82, 2.24) is 4.90 Å². The van der Waals surface area contributed by atoms with E-state index in [1.807, 2.05) is 0 Å². The highest BCUT2D eigenvalue weighted by Crippen LogP contribution is 2.36. The van der Waals surface area contributed by atoms with Gasteiger partial charge in [-0.05, 0) is 62.5 Å². The number of nitrogens with zero attached hydrogens (tertiary/aromatic N) is 1. The fraction of sp³-hybridized carbons (Fsp3) is 0.684. The summed E-state index contributed by atoms with van der Waals surface area (Å²) < 4.78 is 0. The molecule has 21 heavy (non-hydrogen) atoms. The van der Waals surface area contributed by atoms with E-state index < -0.39 is 0 Å². The summed E-state index contributed by atoms with van der Waals surface area (Å²) in [5.74, 6) is 1.62. The fourth-order valence-electron chi connectivity index (χ4n) is 4.24. The predicted molar refractivity (Wildman–Crippen MR) is 87.4 cm³/mol. The molecule has 0 aromatic heterocycles. The summed E-state index contributed by atoms with van der Waals surface area (Å²) in [7, 11) is 0.